The smallest absolute Gasteiger partial charge is 0.307 e. The molecule has 3 heteroatoms. The molecule has 2 atom stereocenters. The van der Waals surface area contributed by atoms with Gasteiger partial charge in [0.15, 0.2) is 0 Å². The Bertz CT molecular complexity index is 220. The SMILES string of the molecule is CC1CC1CNCCC(=O)OC(C)(C)C. The third-order valence-corrected chi connectivity index (χ3v) is 2.61. The zero-order valence-corrected chi connectivity index (χ0v) is 10.3. The molecule has 1 saturated carbocycles. The van der Waals surface area contributed by atoms with Crippen molar-refractivity contribution in [3.8, 4) is 0 Å². The number of hydrogen-bond acceptors (Lipinski definition) is 3. The van der Waals surface area contributed by atoms with Gasteiger partial charge in [-0.15, -0.1) is 0 Å². The van der Waals surface area contributed by atoms with Crippen LogP contribution in [0.1, 0.15) is 40.5 Å². The summed E-state index contributed by atoms with van der Waals surface area (Å²) in [6.45, 7) is 9.72. The highest BCUT2D eigenvalue weighted by atomic mass is 16.6. The molecule has 0 aromatic carbocycles. The molecule has 0 radical (unpaired) electrons. The highest BCUT2D eigenvalue weighted by Crippen LogP contribution is 2.36. The van der Waals surface area contributed by atoms with E-state index < -0.39 is 0 Å². The predicted molar refractivity (Wildman–Crippen MR) is 60.6 cm³/mol. The summed E-state index contributed by atoms with van der Waals surface area (Å²) < 4.78 is 5.20. The molecular formula is C12H23NO2. The molecule has 1 aliphatic rings. The van der Waals surface area contributed by atoms with Crippen molar-refractivity contribution in [1.82, 2.24) is 5.32 Å². The average Bonchev–Trinajstić information content (AvgIpc) is 2.73. The molecule has 1 N–H and O–H groups in total. The summed E-state index contributed by atoms with van der Waals surface area (Å²) >= 11 is 0. The first kappa shape index (κ1) is 12.5. The van der Waals surface area contributed by atoms with Gasteiger partial charge < -0.3 is 10.1 Å². The summed E-state index contributed by atoms with van der Waals surface area (Å²) in [6, 6.07) is 0. The predicted octanol–water partition coefficient (Wildman–Crippen LogP) is 1.96. The van der Waals surface area contributed by atoms with Crippen molar-refractivity contribution in [3.05, 3.63) is 0 Å². The summed E-state index contributed by atoms with van der Waals surface area (Å²) in [5.41, 5.74) is -0.359. The van der Waals surface area contributed by atoms with Crippen LogP contribution >= 0.6 is 0 Å². The molecule has 1 aliphatic carbocycles. The molecule has 88 valence electrons. The lowest BCUT2D eigenvalue weighted by Gasteiger charge is -2.19. The highest BCUT2D eigenvalue weighted by Gasteiger charge is 2.31. The molecule has 0 aromatic heterocycles. The Morgan fingerprint density at radius 2 is 2.07 bits per heavy atom. The van der Waals surface area contributed by atoms with Crippen LogP contribution < -0.4 is 5.32 Å². The maximum Gasteiger partial charge on any atom is 0.307 e. The van der Waals surface area contributed by atoms with E-state index in [9.17, 15) is 4.79 Å². The van der Waals surface area contributed by atoms with Gasteiger partial charge in [0.05, 0.1) is 6.42 Å². The van der Waals surface area contributed by atoms with Crippen molar-refractivity contribution in [2.24, 2.45) is 11.8 Å². The van der Waals surface area contributed by atoms with Gasteiger partial charge in [0.25, 0.3) is 0 Å². The fraction of sp³-hybridized carbons (Fsp3) is 0.917. The van der Waals surface area contributed by atoms with Gasteiger partial charge in [-0.2, -0.15) is 0 Å². The molecule has 0 aromatic rings. The van der Waals surface area contributed by atoms with E-state index in [1.54, 1.807) is 0 Å². The summed E-state index contributed by atoms with van der Waals surface area (Å²) in [5, 5.41) is 3.29. The summed E-state index contributed by atoms with van der Waals surface area (Å²) in [6.07, 6.45) is 1.80. The van der Waals surface area contributed by atoms with Gasteiger partial charge in [-0.05, 0) is 45.6 Å². The van der Waals surface area contributed by atoms with Gasteiger partial charge in [-0.3, -0.25) is 4.79 Å². The topological polar surface area (TPSA) is 38.3 Å². The van der Waals surface area contributed by atoms with E-state index in [1.165, 1.54) is 6.42 Å². The average molecular weight is 213 g/mol. The maximum absolute atomic E-state index is 11.3. The van der Waals surface area contributed by atoms with Crippen LogP contribution in [0.3, 0.4) is 0 Å². The Balaban J connectivity index is 1.97. The van der Waals surface area contributed by atoms with Crippen molar-refractivity contribution in [1.29, 1.82) is 0 Å². The molecule has 0 bridgehead atoms. The van der Waals surface area contributed by atoms with Crippen LogP contribution in [0.15, 0.2) is 0 Å². The van der Waals surface area contributed by atoms with Crippen molar-refractivity contribution in [3.63, 3.8) is 0 Å². The zero-order valence-electron chi connectivity index (χ0n) is 10.3. The quantitative estimate of drug-likeness (QED) is 0.560. The lowest BCUT2D eigenvalue weighted by Crippen LogP contribution is -2.27. The lowest BCUT2D eigenvalue weighted by molar-refractivity contribution is -0.154. The van der Waals surface area contributed by atoms with Gasteiger partial charge in [0.1, 0.15) is 5.60 Å². The number of esters is 1. The molecule has 0 spiro atoms. The second kappa shape index (κ2) is 4.97. The molecule has 0 aliphatic heterocycles. The van der Waals surface area contributed by atoms with Crippen LogP contribution in [-0.2, 0) is 9.53 Å². The van der Waals surface area contributed by atoms with Crippen LogP contribution in [0, 0.1) is 11.8 Å². The number of nitrogens with one attached hydrogen (secondary N) is 1. The number of hydrogen-bond donors (Lipinski definition) is 1. The van der Waals surface area contributed by atoms with Crippen LogP contribution in [0.5, 0.6) is 0 Å². The van der Waals surface area contributed by atoms with Crippen molar-refractivity contribution < 1.29 is 9.53 Å². The molecule has 3 nitrogen and oxygen atoms in total. The van der Waals surface area contributed by atoms with E-state index in [0.29, 0.717) is 6.42 Å². The van der Waals surface area contributed by atoms with Gasteiger partial charge in [0, 0.05) is 6.54 Å². The summed E-state index contributed by atoms with van der Waals surface area (Å²) in [4.78, 5) is 11.3. The molecule has 1 rings (SSSR count). The lowest BCUT2D eigenvalue weighted by atomic mass is 10.2. The van der Waals surface area contributed by atoms with E-state index in [4.69, 9.17) is 4.74 Å². The van der Waals surface area contributed by atoms with Crippen LogP contribution in [0.4, 0.5) is 0 Å². The van der Waals surface area contributed by atoms with Crippen molar-refractivity contribution >= 4 is 5.97 Å². The van der Waals surface area contributed by atoms with E-state index in [2.05, 4.69) is 12.2 Å². The summed E-state index contributed by atoms with van der Waals surface area (Å²) in [7, 11) is 0. The number of rotatable bonds is 5. The molecule has 2 unspecified atom stereocenters. The largest absolute Gasteiger partial charge is 0.460 e. The molecular weight excluding hydrogens is 190 g/mol. The van der Waals surface area contributed by atoms with Crippen LogP contribution in [0.2, 0.25) is 0 Å². The van der Waals surface area contributed by atoms with Crippen LogP contribution in [-0.4, -0.2) is 24.7 Å². The Kier molecular flexibility index (Phi) is 4.14. The van der Waals surface area contributed by atoms with E-state index in [0.717, 1.165) is 24.9 Å². The molecule has 15 heavy (non-hydrogen) atoms. The Labute approximate surface area is 92.6 Å². The number of carbonyl (C=O) groups is 1. The first-order valence-corrected chi connectivity index (χ1v) is 5.81. The normalized spacial score (nSPS) is 25.1. The maximum atomic E-state index is 11.3. The van der Waals surface area contributed by atoms with Gasteiger partial charge in [-0.25, -0.2) is 0 Å². The zero-order chi connectivity index (χ0) is 11.5. The minimum Gasteiger partial charge on any atom is -0.460 e. The van der Waals surface area contributed by atoms with Crippen molar-refractivity contribution in [2.45, 2.75) is 46.1 Å². The molecule has 0 amide bonds. The summed E-state index contributed by atoms with van der Waals surface area (Å²) in [5.74, 6) is 1.60. The van der Waals surface area contributed by atoms with Gasteiger partial charge in [0.2, 0.25) is 0 Å². The van der Waals surface area contributed by atoms with Gasteiger partial charge >= 0.3 is 5.97 Å². The fourth-order valence-corrected chi connectivity index (χ4v) is 1.55. The highest BCUT2D eigenvalue weighted by molar-refractivity contribution is 5.70. The fourth-order valence-electron chi connectivity index (χ4n) is 1.55. The minimum absolute atomic E-state index is 0.112. The van der Waals surface area contributed by atoms with Crippen molar-refractivity contribution in [2.75, 3.05) is 13.1 Å². The van der Waals surface area contributed by atoms with E-state index in [-0.39, 0.29) is 11.6 Å². The number of ether oxygens (including phenoxy) is 1. The Morgan fingerprint density at radius 1 is 1.47 bits per heavy atom. The van der Waals surface area contributed by atoms with E-state index in [1.807, 2.05) is 20.8 Å². The first-order chi connectivity index (χ1) is 6.88. The molecule has 1 fully saturated rings. The van der Waals surface area contributed by atoms with Gasteiger partial charge in [-0.1, -0.05) is 6.92 Å². The van der Waals surface area contributed by atoms with Crippen LogP contribution in [0.25, 0.3) is 0 Å². The molecule has 0 saturated heterocycles. The Morgan fingerprint density at radius 3 is 2.53 bits per heavy atom. The van der Waals surface area contributed by atoms with E-state index >= 15 is 0 Å². The second-order valence-electron chi connectivity index (χ2n) is 5.51. The number of carbonyl (C=O) groups excluding carboxylic acids is 1. The minimum atomic E-state index is -0.359. The Hall–Kier alpha value is -0.570. The standard InChI is InChI=1S/C12H23NO2/c1-9-7-10(9)8-13-6-5-11(14)15-12(2,3)4/h9-10,13H,5-8H2,1-4H3. The third kappa shape index (κ3) is 5.78. The second-order valence-corrected chi connectivity index (χ2v) is 5.51. The third-order valence-electron chi connectivity index (χ3n) is 2.61. The molecule has 0 heterocycles. The monoisotopic (exact) mass is 213 g/mol. The first-order valence-electron chi connectivity index (χ1n) is 5.81.